The van der Waals surface area contributed by atoms with Crippen molar-refractivity contribution < 1.29 is 9.53 Å². The van der Waals surface area contributed by atoms with E-state index in [0.29, 0.717) is 10.8 Å². The van der Waals surface area contributed by atoms with Gasteiger partial charge in [0.15, 0.2) is 11.9 Å². The Hall–Kier alpha value is -2.80. The number of nitrogens with zero attached hydrogens (tertiary/aromatic N) is 4. The fraction of sp³-hybridized carbons (Fsp3) is 0.188. The molecule has 0 bridgehead atoms. The summed E-state index contributed by atoms with van der Waals surface area (Å²) in [6.45, 7) is 1.62. The van der Waals surface area contributed by atoms with E-state index < -0.39 is 6.10 Å². The number of anilines is 1. The zero-order chi connectivity index (χ0) is 17.1. The van der Waals surface area contributed by atoms with E-state index in [-0.39, 0.29) is 11.8 Å². The van der Waals surface area contributed by atoms with Crippen LogP contribution < -0.4 is 10.1 Å². The number of hydrogen-bond donors (Lipinski definition) is 1. The lowest BCUT2D eigenvalue weighted by Gasteiger charge is -2.12. The van der Waals surface area contributed by atoms with Gasteiger partial charge in [-0.15, -0.1) is 5.10 Å². The van der Waals surface area contributed by atoms with Gasteiger partial charge in [0, 0.05) is 19.3 Å². The summed E-state index contributed by atoms with van der Waals surface area (Å²) in [6.07, 6.45) is 2.60. The van der Waals surface area contributed by atoms with E-state index in [1.165, 1.54) is 0 Å². The fourth-order valence-corrected chi connectivity index (χ4v) is 2.24. The first-order chi connectivity index (χ1) is 11.5. The number of ether oxygens (including phenoxy) is 1. The molecular weight excluding hydrogens is 330 g/mol. The molecule has 3 rings (SSSR count). The van der Waals surface area contributed by atoms with Crippen molar-refractivity contribution in [3.8, 4) is 11.6 Å². The molecule has 0 radical (unpaired) electrons. The Balaban J connectivity index is 1.69. The van der Waals surface area contributed by atoms with Crippen LogP contribution in [0.5, 0.6) is 5.88 Å². The van der Waals surface area contributed by atoms with E-state index in [1.807, 2.05) is 30.3 Å². The molecule has 2 heterocycles. The molecule has 1 atom stereocenters. The molecular formula is C16H16ClN5O2. The summed E-state index contributed by atoms with van der Waals surface area (Å²) in [4.78, 5) is 12.2. The predicted molar refractivity (Wildman–Crippen MR) is 90.5 cm³/mol. The van der Waals surface area contributed by atoms with Crippen molar-refractivity contribution in [3.63, 3.8) is 0 Å². The van der Waals surface area contributed by atoms with Gasteiger partial charge in [-0.3, -0.25) is 9.48 Å². The second-order valence-electron chi connectivity index (χ2n) is 5.19. The van der Waals surface area contributed by atoms with Gasteiger partial charge in [-0.1, -0.05) is 29.8 Å². The highest BCUT2D eigenvalue weighted by Gasteiger charge is 2.19. The Morgan fingerprint density at radius 3 is 2.67 bits per heavy atom. The zero-order valence-electron chi connectivity index (χ0n) is 13.2. The third-order valence-corrected chi connectivity index (χ3v) is 3.54. The number of halogens is 1. The van der Waals surface area contributed by atoms with Crippen LogP contribution in [0.15, 0.2) is 48.8 Å². The summed E-state index contributed by atoms with van der Waals surface area (Å²) in [5.41, 5.74) is 0.847. The molecule has 0 aliphatic carbocycles. The minimum atomic E-state index is -0.774. The van der Waals surface area contributed by atoms with Crippen LogP contribution in [0.4, 0.5) is 5.82 Å². The van der Waals surface area contributed by atoms with Gasteiger partial charge in [-0.25, -0.2) is 4.68 Å². The van der Waals surface area contributed by atoms with Gasteiger partial charge < -0.3 is 10.1 Å². The van der Waals surface area contributed by atoms with Crippen molar-refractivity contribution in [2.75, 3.05) is 5.32 Å². The molecule has 0 spiro atoms. The Labute approximate surface area is 143 Å². The minimum Gasteiger partial charge on any atom is -0.462 e. The standard InChI is InChI=1S/C16H16ClN5O2/c1-11(15(23)18-14-8-9-21(2)19-14)24-16-13(17)10-22(20-16)12-6-4-3-5-7-12/h3-11H,1-2H3,(H,18,19,23)/t11-/m0/s1. The Kier molecular flexibility index (Phi) is 4.52. The topological polar surface area (TPSA) is 74.0 Å². The van der Waals surface area contributed by atoms with E-state index in [4.69, 9.17) is 16.3 Å². The molecule has 124 valence electrons. The summed E-state index contributed by atoms with van der Waals surface area (Å²) in [7, 11) is 1.77. The second-order valence-corrected chi connectivity index (χ2v) is 5.59. The van der Waals surface area contributed by atoms with Crippen LogP contribution in [0, 0.1) is 0 Å². The maximum absolute atomic E-state index is 12.2. The first-order valence-electron chi connectivity index (χ1n) is 7.30. The molecule has 2 aromatic heterocycles. The number of nitrogens with one attached hydrogen (secondary N) is 1. The van der Waals surface area contributed by atoms with Crippen LogP contribution in [0.25, 0.3) is 5.69 Å². The van der Waals surface area contributed by atoms with Gasteiger partial charge in [-0.05, 0) is 19.1 Å². The van der Waals surface area contributed by atoms with Crippen LogP contribution in [0.2, 0.25) is 5.02 Å². The van der Waals surface area contributed by atoms with Crippen molar-refractivity contribution in [3.05, 3.63) is 53.8 Å². The third-order valence-electron chi connectivity index (χ3n) is 3.28. The van der Waals surface area contributed by atoms with Gasteiger partial charge in [0.1, 0.15) is 5.02 Å². The number of aryl methyl sites for hydroxylation is 1. The predicted octanol–water partition coefficient (Wildman–Crippen LogP) is 2.67. The van der Waals surface area contributed by atoms with Crippen molar-refractivity contribution >= 4 is 23.3 Å². The molecule has 1 N–H and O–H groups in total. The molecule has 0 unspecified atom stereocenters. The molecule has 1 aromatic carbocycles. The number of carbonyl (C=O) groups excluding carboxylic acids is 1. The summed E-state index contributed by atoms with van der Waals surface area (Å²) in [6, 6.07) is 11.2. The average Bonchev–Trinajstić information content (AvgIpc) is 3.14. The van der Waals surface area contributed by atoms with E-state index in [1.54, 1.807) is 41.8 Å². The maximum Gasteiger partial charge on any atom is 0.266 e. The molecule has 0 fully saturated rings. The fourth-order valence-electron chi connectivity index (χ4n) is 2.06. The Morgan fingerprint density at radius 2 is 2.00 bits per heavy atom. The van der Waals surface area contributed by atoms with Gasteiger partial charge in [0.2, 0.25) is 0 Å². The monoisotopic (exact) mass is 345 g/mol. The van der Waals surface area contributed by atoms with E-state index in [9.17, 15) is 4.79 Å². The smallest absolute Gasteiger partial charge is 0.266 e. The van der Waals surface area contributed by atoms with E-state index in [0.717, 1.165) is 5.69 Å². The first-order valence-corrected chi connectivity index (χ1v) is 7.68. The van der Waals surface area contributed by atoms with Gasteiger partial charge in [0.25, 0.3) is 11.8 Å². The Bertz CT molecular complexity index is 843. The summed E-state index contributed by atoms with van der Waals surface area (Å²) in [5.74, 6) is 0.321. The van der Waals surface area contributed by atoms with Crippen LogP contribution in [-0.2, 0) is 11.8 Å². The second kappa shape index (κ2) is 6.76. The van der Waals surface area contributed by atoms with Crippen LogP contribution in [0.1, 0.15) is 6.92 Å². The van der Waals surface area contributed by atoms with Crippen molar-refractivity contribution in [2.24, 2.45) is 7.05 Å². The van der Waals surface area contributed by atoms with Gasteiger partial charge in [-0.2, -0.15) is 5.10 Å². The molecule has 0 saturated heterocycles. The number of benzene rings is 1. The van der Waals surface area contributed by atoms with Crippen LogP contribution in [0.3, 0.4) is 0 Å². The molecule has 3 aromatic rings. The summed E-state index contributed by atoms with van der Waals surface area (Å²) >= 11 is 6.15. The quantitative estimate of drug-likeness (QED) is 0.771. The van der Waals surface area contributed by atoms with Crippen LogP contribution in [-0.4, -0.2) is 31.6 Å². The first kappa shape index (κ1) is 16.1. The molecule has 0 saturated carbocycles. The number of rotatable bonds is 5. The average molecular weight is 346 g/mol. The summed E-state index contributed by atoms with van der Waals surface area (Å²) < 4.78 is 8.77. The molecule has 7 nitrogen and oxygen atoms in total. The third kappa shape index (κ3) is 3.57. The molecule has 1 amide bonds. The lowest BCUT2D eigenvalue weighted by atomic mass is 10.3. The number of carbonyl (C=O) groups is 1. The highest BCUT2D eigenvalue weighted by Crippen LogP contribution is 2.25. The minimum absolute atomic E-state index is 0.198. The van der Waals surface area contributed by atoms with Crippen molar-refractivity contribution in [1.82, 2.24) is 19.6 Å². The highest BCUT2D eigenvalue weighted by molar-refractivity contribution is 6.31. The lowest BCUT2D eigenvalue weighted by molar-refractivity contribution is -0.122. The SMILES string of the molecule is C[C@H](Oc1nn(-c2ccccc2)cc1Cl)C(=O)Nc1ccn(C)n1. The normalized spacial score (nSPS) is 12.0. The van der Waals surface area contributed by atoms with Crippen molar-refractivity contribution in [2.45, 2.75) is 13.0 Å². The number of amides is 1. The van der Waals surface area contributed by atoms with Gasteiger partial charge >= 0.3 is 0 Å². The van der Waals surface area contributed by atoms with Crippen LogP contribution >= 0.6 is 11.6 Å². The largest absolute Gasteiger partial charge is 0.462 e. The molecule has 0 aliphatic heterocycles. The number of aromatic nitrogens is 4. The number of hydrogen-bond acceptors (Lipinski definition) is 4. The Morgan fingerprint density at radius 1 is 1.25 bits per heavy atom. The van der Waals surface area contributed by atoms with Crippen molar-refractivity contribution in [1.29, 1.82) is 0 Å². The zero-order valence-corrected chi connectivity index (χ0v) is 13.9. The molecule has 0 aliphatic rings. The van der Waals surface area contributed by atoms with E-state index >= 15 is 0 Å². The maximum atomic E-state index is 12.2. The van der Waals surface area contributed by atoms with E-state index in [2.05, 4.69) is 15.5 Å². The summed E-state index contributed by atoms with van der Waals surface area (Å²) in [5, 5.41) is 11.4. The van der Waals surface area contributed by atoms with Gasteiger partial charge in [0.05, 0.1) is 11.9 Å². The molecule has 24 heavy (non-hydrogen) atoms. The lowest BCUT2D eigenvalue weighted by Crippen LogP contribution is -2.30. The number of para-hydroxylation sites is 1. The highest BCUT2D eigenvalue weighted by atomic mass is 35.5. The molecule has 8 heteroatoms.